The summed E-state index contributed by atoms with van der Waals surface area (Å²) in [5, 5.41) is 5.22. The van der Waals surface area contributed by atoms with Crippen LogP contribution in [-0.2, 0) is 23.7 Å². The van der Waals surface area contributed by atoms with Gasteiger partial charge >= 0.3 is 0 Å². The van der Waals surface area contributed by atoms with Crippen LogP contribution in [0.2, 0.25) is 0 Å². The van der Waals surface area contributed by atoms with Gasteiger partial charge in [0, 0.05) is 44.7 Å². The molecule has 196 valence electrons. The second-order valence-corrected chi connectivity index (χ2v) is 11.6. The molecule has 39 heavy (non-hydrogen) atoms. The van der Waals surface area contributed by atoms with E-state index in [0.717, 1.165) is 71.2 Å². The number of hydrogen-bond donors (Lipinski definition) is 0. The number of aromatic nitrogens is 4. The number of rotatable bonds is 4. The van der Waals surface area contributed by atoms with Crippen molar-refractivity contribution in [2.24, 2.45) is 5.92 Å². The molecule has 0 fully saturated rings. The molecule has 7 rings (SSSR count). The fraction of sp³-hybridized carbons (Fsp3) is 0.333. The van der Waals surface area contributed by atoms with E-state index in [1.807, 2.05) is 42.6 Å². The lowest BCUT2D eigenvalue weighted by atomic mass is 9.50. The minimum Gasteiger partial charge on any atom is -0.361 e. The molecule has 0 bridgehead atoms. The first-order valence-electron chi connectivity index (χ1n) is 13.9. The molecule has 5 nitrogen and oxygen atoms in total. The van der Waals surface area contributed by atoms with Gasteiger partial charge in [-0.2, -0.15) is 0 Å². The Hall–Kier alpha value is -3.93. The molecule has 6 heteroatoms. The number of halogens is 1. The summed E-state index contributed by atoms with van der Waals surface area (Å²) in [6.07, 6.45) is 8.28. The predicted molar refractivity (Wildman–Crippen MR) is 150 cm³/mol. The molecule has 0 saturated carbocycles. The average molecular weight is 519 g/mol. The van der Waals surface area contributed by atoms with E-state index in [9.17, 15) is 0 Å². The predicted octanol–water partition coefficient (Wildman–Crippen LogP) is 7.62. The van der Waals surface area contributed by atoms with E-state index in [4.69, 9.17) is 14.5 Å². The molecule has 0 amide bonds. The lowest BCUT2D eigenvalue weighted by Crippen LogP contribution is -2.53. The van der Waals surface area contributed by atoms with Crippen LogP contribution in [0.5, 0.6) is 0 Å². The molecule has 2 aliphatic carbocycles. The van der Waals surface area contributed by atoms with E-state index < -0.39 is 0 Å². The Morgan fingerprint density at radius 3 is 2.67 bits per heavy atom. The third-order valence-electron chi connectivity index (χ3n) is 9.28. The number of benzene rings is 2. The Balaban J connectivity index is 1.53. The molecule has 2 aliphatic rings. The molecule has 0 N–H and O–H groups in total. The molecule has 3 atom stereocenters. The maximum absolute atomic E-state index is 15.3. The highest BCUT2D eigenvalue weighted by Gasteiger charge is 2.57. The van der Waals surface area contributed by atoms with Crippen LogP contribution in [0, 0.1) is 11.7 Å². The van der Waals surface area contributed by atoms with Crippen LogP contribution < -0.4 is 0 Å². The van der Waals surface area contributed by atoms with Crippen LogP contribution in [0.25, 0.3) is 33.5 Å². The van der Waals surface area contributed by atoms with Gasteiger partial charge in [0.05, 0.1) is 23.1 Å². The zero-order valence-electron chi connectivity index (χ0n) is 22.5. The molecule has 3 heterocycles. The Labute approximate surface area is 227 Å². The SMILES string of the molecule is CCC[C@@]1(C)c2oncc2C[C@@]2(C)c3nc(-c4ccnc5ccccc45)nc(-c4ccccc4F)c3CC[C@@H]21. The third-order valence-corrected chi connectivity index (χ3v) is 9.28. The van der Waals surface area contributed by atoms with E-state index in [0.29, 0.717) is 23.0 Å². The van der Waals surface area contributed by atoms with Gasteiger partial charge in [-0.1, -0.05) is 62.7 Å². The third kappa shape index (κ3) is 3.50. The van der Waals surface area contributed by atoms with Crippen molar-refractivity contribution in [2.45, 2.75) is 63.7 Å². The van der Waals surface area contributed by atoms with Gasteiger partial charge in [-0.25, -0.2) is 14.4 Å². The van der Waals surface area contributed by atoms with E-state index in [2.05, 4.69) is 37.0 Å². The van der Waals surface area contributed by atoms with Crippen molar-refractivity contribution >= 4 is 10.9 Å². The highest BCUT2D eigenvalue weighted by Crippen LogP contribution is 2.58. The normalized spacial score (nSPS) is 23.7. The van der Waals surface area contributed by atoms with Gasteiger partial charge in [-0.3, -0.25) is 4.98 Å². The Bertz CT molecular complexity index is 1720. The molecule has 0 saturated heterocycles. The van der Waals surface area contributed by atoms with Gasteiger partial charge in [0.25, 0.3) is 0 Å². The minimum absolute atomic E-state index is 0.155. The van der Waals surface area contributed by atoms with Crippen molar-refractivity contribution in [3.05, 3.63) is 95.4 Å². The van der Waals surface area contributed by atoms with E-state index in [-0.39, 0.29) is 16.6 Å². The zero-order chi connectivity index (χ0) is 26.8. The fourth-order valence-electron chi connectivity index (χ4n) is 7.70. The molecule has 0 unspecified atom stereocenters. The minimum atomic E-state index is -0.281. The highest BCUT2D eigenvalue weighted by molar-refractivity contribution is 5.92. The van der Waals surface area contributed by atoms with Crippen molar-refractivity contribution in [3.8, 4) is 22.6 Å². The quantitative estimate of drug-likeness (QED) is 0.245. The molecular weight excluding hydrogens is 487 g/mol. The van der Waals surface area contributed by atoms with E-state index in [1.165, 1.54) is 6.07 Å². The van der Waals surface area contributed by atoms with Gasteiger partial charge in [0.1, 0.15) is 11.6 Å². The van der Waals surface area contributed by atoms with E-state index in [1.54, 1.807) is 12.3 Å². The second kappa shape index (κ2) is 8.80. The lowest BCUT2D eigenvalue weighted by Gasteiger charge is -2.53. The van der Waals surface area contributed by atoms with Crippen LogP contribution in [0.3, 0.4) is 0 Å². The van der Waals surface area contributed by atoms with Gasteiger partial charge in [0.2, 0.25) is 0 Å². The van der Waals surface area contributed by atoms with Crippen LogP contribution in [0.4, 0.5) is 4.39 Å². The maximum Gasteiger partial charge on any atom is 0.160 e. The van der Waals surface area contributed by atoms with Crippen molar-refractivity contribution in [2.75, 3.05) is 0 Å². The molecule has 3 aromatic heterocycles. The van der Waals surface area contributed by atoms with Crippen molar-refractivity contribution in [3.63, 3.8) is 0 Å². The summed E-state index contributed by atoms with van der Waals surface area (Å²) < 4.78 is 21.3. The Morgan fingerprint density at radius 2 is 1.82 bits per heavy atom. The summed E-state index contributed by atoms with van der Waals surface area (Å²) >= 11 is 0. The number of fused-ring (bicyclic) bond motifs is 5. The molecule has 0 aliphatic heterocycles. The number of hydrogen-bond acceptors (Lipinski definition) is 5. The van der Waals surface area contributed by atoms with Crippen LogP contribution in [0.15, 0.2) is 71.5 Å². The first-order chi connectivity index (χ1) is 18.9. The molecule has 2 aromatic carbocycles. The van der Waals surface area contributed by atoms with Gasteiger partial charge in [-0.15, -0.1) is 0 Å². The molecule has 0 spiro atoms. The van der Waals surface area contributed by atoms with Gasteiger partial charge in [-0.05, 0) is 55.9 Å². The number of nitrogens with zero attached hydrogens (tertiary/aromatic N) is 4. The average Bonchev–Trinajstić information content (AvgIpc) is 3.42. The summed E-state index contributed by atoms with van der Waals surface area (Å²) in [6.45, 7) is 6.91. The largest absolute Gasteiger partial charge is 0.361 e. The number of pyridine rings is 1. The standard InChI is InChI=1S/C33H31FN4O/c1-4-16-32(2)27-14-13-24-28(23-10-5-7-11-25(23)34)37-31(22-15-17-35-26-12-8-6-9-21(22)26)38-29(24)33(27,3)18-20-19-36-39-30(20)32/h5-12,15,17,19,27H,4,13-14,16,18H2,1-3H3/t27-,32-,33-/m1/s1. The Kier molecular flexibility index (Phi) is 5.45. The highest BCUT2D eigenvalue weighted by atomic mass is 19.1. The van der Waals surface area contributed by atoms with Crippen molar-refractivity contribution in [1.29, 1.82) is 0 Å². The van der Waals surface area contributed by atoms with Crippen LogP contribution >= 0.6 is 0 Å². The van der Waals surface area contributed by atoms with Crippen LogP contribution in [0.1, 0.15) is 62.6 Å². The Morgan fingerprint density at radius 1 is 1.00 bits per heavy atom. The van der Waals surface area contributed by atoms with E-state index >= 15 is 4.39 Å². The molecule has 0 radical (unpaired) electrons. The maximum atomic E-state index is 15.3. The molecular formula is C33H31FN4O. The van der Waals surface area contributed by atoms with Crippen molar-refractivity contribution in [1.82, 2.24) is 20.1 Å². The topological polar surface area (TPSA) is 64.7 Å². The summed E-state index contributed by atoms with van der Waals surface area (Å²) in [5.74, 6) is 1.68. The monoisotopic (exact) mass is 518 g/mol. The van der Waals surface area contributed by atoms with Crippen LogP contribution in [-0.4, -0.2) is 20.1 Å². The smallest absolute Gasteiger partial charge is 0.160 e. The fourth-order valence-corrected chi connectivity index (χ4v) is 7.70. The molecule has 5 aromatic rings. The number of para-hydroxylation sites is 1. The van der Waals surface area contributed by atoms with Gasteiger partial charge < -0.3 is 4.52 Å². The second-order valence-electron chi connectivity index (χ2n) is 11.6. The van der Waals surface area contributed by atoms with Crippen molar-refractivity contribution < 1.29 is 8.91 Å². The summed E-state index contributed by atoms with van der Waals surface area (Å²) in [6, 6.07) is 17.0. The zero-order valence-corrected chi connectivity index (χ0v) is 22.5. The first kappa shape index (κ1) is 24.1. The summed E-state index contributed by atoms with van der Waals surface area (Å²) in [7, 11) is 0. The lowest BCUT2D eigenvalue weighted by molar-refractivity contribution is 0.0881. The summed E-state index contributed by atoms with van der Waals surface area (Å²) in [5.41, 5.74) is 5.81. The first-order valence-corrected chi connectivity index (χ1v) is 13.9. The summed E-state index contributed by atoms with van der Waals surface area (Å²) in [4.78, 5) is 15.0. The van der Waals surface area contributed by atoms with Gasteiger partial charge in [0.15, 0.2) is 5.82 Å².